The summed E-state index contributed by atoms with van der Waals surface area (Å²) in [5.74, 6) is 0.202. The van der Waals surface area contributed by atoms with Crippen LogP contribution < -0.4 is 20.9 Å². The van der Waals surface area contributed by atoms with Gasteiger partial charge in [0.25, 0.3) is 0 Å². The molecule has 0 bridgehead atoms. The fourth-order valence-corrected chi connectivity index (χ4v) is 13.3. The number of benzene rings is 3. The molecule has 3 amide bonds. The molecule has 0 radical (unpaired) electrons. The molecule has 3 aromatic carbocycles. The van der Waals surface area contributed by atoms with Crippen LogP contribution in [0, 0.1) is 0 Å². The van der Waals surface area contributed by atoms with Crippen LogP contribution in [0.15, 0.2) is 72.8 Å². The predicted molar refractivity (Wildman–Crippen MR) is 401 cm³/mol. The molecule has 3 aromatic rings. The summed E-state index contributed by atoms with van der Waals surface area (Å²) in [7, 11) is 0. The van der Waals surface area contributed by atoms with Gasteiger partial charge in [-0.3, -0.25) is 14.4 Å². The van der Waals surface area contributed by atoms with Gasteiger partial charge in [-0.25, -0.2) is 0 Å². The van der Waals surface area contributed by atoms with Crippen LogP contribution in [0.5, 0.6) is 0 Å². The van der Waals surface area contributed by atoms with Gasteiger partial charge >= 0.3 is 0 Å². The number of amides is 3. The standard InChI is InChI=1S/C84H144N4O3/c1-4-7-10-13-16-19-22-25-28-31-34-37-40-43-46-49-52-55-58-61-82(89)85-76-64-70-79(71-65-76)88(80-72-66-77(67-73-80)86-83(90)62-59-56-53-50-47-44-41-38-35-32-29-26-23-20-17-14-11-8-5-2)81-74-68-78(69-75-81)87-84(91)63-60-57-54-51-48-45-42-39-36-33-30-27-24-21-18-15-12-9-6-3/h64-75H,4-63H2,1-3H3,(H,85,89)(H,86,90)(H,87,91). The second kappa shape index (κ2) is 60.8. The number of hydrogen-bond acceptors (Lipinski definition) is 4. The Kier molecular flexibility index (Phi) is 54.2. The number of anilines is 6. The van der Waals surface area contributed by atoms with Crippen molar-refractivity contribution in [2.75, 3.05) is 20.9 Å². The smallest absolute Gasteiger partial charge is 0.224 e. The van der Waals surface area contributed by atoms with Gasteiger partial charge in [-0.05, 0) is 92.1 Å². The topological polar surface area (TPSA) is 90.5 Å². The summed E-state index contributed by atoms with van der Waals surface area (Å²) < 4.78 is 0. The zero-order valence-corrected chi connectivity index (χ0v) is 60.0. The highest BCUT2D eigenvalue weighted by Crippen LogP contribution is 2.37. The second-order valence-corrected chi connectivity index (χ2v) is 28.0. The summed E-state index contributed by atoms with van der Waals surface area (Å²) in [6.45, 7) is 6.88. The zero-order valence-electron chi connectivity index (χ0n) is 60.0. The average molecular weight is 1260 g/mol. The summed E-state index contributed by atoms with van der Waals surface area (Å²) in [6, 6.07) is 24.2. The maximum absolute atomic E-state index is 13.1. The minimum Gasteiger partial charge on any atom is -0.326 e. The first-order chi connectivity index (χ1) is 44.9. The first kappa shape index (κ1) is 81.1. The number of nitrogens with zero attached hydrogens (tertiary/aromatic N) is 1. The quantitative estimate of drug-likeness (QED) is 0.0491. The van der Waals surface area contributed by atoms with Crippen molar-refractivity contribution in [3.8, 4) is 0 Å². The molecule has 0 spiro atoms. The minimum absolute atomic E-state index is 0.0673. The van der Waals surface area contributed by atoms with Gasteiger partial charge in [-0.2, -0.15) is 0 Å². The van der Waals surface area contributed by atoms with Gasteiger partial charge in [0.15, 0.2) is 0 Å². The van der Waals surface area contributed by atoms with E-state index >= 15 is 0 Å². The molecule has 3 N–H and O–H groups in total. The molecule has 0 aromatic heterocycles. The minimum atomic E-state index is 0.0673. The Bertz CT molecular complexity index is 1850. The second-order valence-electron chi connectivity index (χ2n) is 28.0. The number of carbonyl (C=O) groups is 3. The van der Waals surface area contributed by atoms with Crippen molar-refractivity contribution in [2.45, 2.75) is 406 Å². The van der Waals surface area contributed by atoms with Gasteiger partial charge in [0.1, 0.15) is 0 Å². The Labute approximate surface area is 563 Å². The molecule has 518 valence electrons. The Morgan fingerprint density at radius 1 is 0.209 bits per heavy atom. The molecule has 0 saturated heterocycles. The van der Waals surface area contributed by atoms with E-state index in [0.717, 1.165) is 72.6 Å². The van der Waals surface area contributed by atoms with Crippen molar-refractivity contribution in [3.63, 3.8) is 0 Å². The predicted octanol–water partition coefficient (Wildman–Crippen LogP) is 28.4. The Balaban J connectivity index is 1.39. The monoisotopic (exact) mass is 1260 g/mol. The van der Waals surface area contributed by atoms with E-state index in [2.05, 4.69) is 78.0 Å². The van der Waals surface area contributed by atoms with Crippen molar-refractivity contribution in [1.82, 2.24) is 0 Å². The van der Waals surface area contributed by atoms with E-state index < -0.39 is 0 Å². The number of hydrogen-bond donors (Lipinski definition) is 3. The third kappa shape index (κ3) is 47.4. The molecule has 7 heteroatoms. The van der Waals surface area contributed by atoms with E-state index in [9.17, 15) is 14.4 Å². The lowest BCUT2D eigenvalue weighted by Gasteiger charge is -2.26. The van der Waals surface area contributed by atoms with Gasteiger partial charge < -0.3 is 20.9 Å². The van der Waals surface area contributed by atoms with Crippen LogP contribution in [-0.4, -0.2) is 17.7 Å². The fourth-order valence-electron chi connectivity index (χ4n) is 13.3. The lowest BCUT2D eigenvalue weighted by Crippen LogP contribution is -2.14. The molecule has 0 heterocycles. The van der Waals surface area contributed by atoms with Crippen molar-refractivity contribution in [1.29, 1.82) is 0 Å². The summed E-state index contributed by atoms with van der Waals surface area (Å²) in [5.41, 5.74) is 5.20. The Morgan fingerprint density at radius 2 is 0.341 bits per heavy atom. The van der Waals surface area contributed by atoms with E-state index in [0.29, 0.717) is 19.3 Å². The van der Waals surface area contributed by atoms with Crippen LogP contribution in [0.2, 0.25) is 0 Å². The Morgan fingerprint density at radius 3 is 0.484 bits per heavy atom. The molecule has 0 fully saturated rings. The first-order valence-electron chi connectivity index (χ1n) is 39.9. The maximum atomic E-state index is 13.1. The molecule has 7 nitrogen and oxygen atoms in total. The molecule has 0 aliphatic rings. The van der Waals surface area contributed by atoms with Gasteiger partial charge in [0, 0.05) is 53.4 Å². The molecule has 0 saturated carbocycles. The number of rotatable bonds is 66. The molecule has 91 heavy (non-hydrogen) atoms. The molecule has 0 unspecified atom stereocenters. The lowest BCUT2D eigenvalue weighted by atomic mass is 10.0. The van der Waals surface area contributed by atoms with Crippen molar-refractivity contribution < 1.29 is 14.4 Å². The summed E-state index contributed by atoms with van der Waals surface area (Å²) in [5, 5.41) is 9.46. The fraction of sp³-hybridized carbons (Fsp3) is 0.750. The average Bonchev–Trinajstić information content (AvgIpc) is 2.24. The van der Waals surface area contributed by atoms with Crippen molar-refractivity contribution in [3.05, 3.63) is 72.8 Å². The van der Waals surface area contributed by atoms with E-state index in [-0.39, 0.29) is 17.7 Å². The van der Waals surface area contributed by atoms with Crippen molar-refractivity contribution >= 4 is 51.8 Å². The van der Waals surface area contributed by atoms with Crippen LogP contribution in [0.3, 0.4) is 0 Å². The van der Waals surface area contributed by atoms with E-state index in [1.807, 2.05) is 36.4 Å². The van der Waals surface area contributed by atoms with Gasteiger partial charge in [0.05, 0.1) is 0 Å². The summed E-state index contributed by atoms with van der Waals surface area (Å²) in [4.78, 5) is 41.5. The first-order valence-corrected chi connectivity index (χ1v) is 39.9. The van der Waals surface area contributed by atoms with Gasteiger partial charge in [0.2, 0.25) is 17.7 Å². The van der Waals surface area contributed by atoms with Crippen LogP contribution >= 0.6 is 0 Å². The van der Waals surface area contributed by atoms with Gasteiger partial charge in [-0.1, -0.05) is 367 Å². The molecular weight excluding hydrogens is 1110 g/mol. The van der Waals surface area contributed by atoms with E-state index in [1.54, 1.807) is 0 Å². The van der Waals surface area contributed by atoms with Crippen molar-refractivity contribution in [2.24, 2.45) is 0 Å². The number of carbonyl (C=O) groups excluding carboxylic acids is 3. The van der Waals surface area contributed by atoms with Crippen LogP contribution in [0.4, 0.5) is 34.1 Å². The molecule has 0 aliphatic heterocycles. The summed E-state index contributed by atoms with van der Waals surface area (Å²) in [6.07, 6.45) is 78.0. The largest absolute Gasteiger partial charge is 0.326 e. The zero-order chi connectivity index (χ0) is 64.8. The maximum Gasteiger partial charge on any atom is 0.224 e. The highest BCUT2D eigenvalue weighted by Gasteiger charge is 2.15. The number of nitrogens with one attached hydrogen (secondary N) is 3. The van der Waals surface area contributed by atoms with Crippen LogP contribution in [0.25, 0.3) is 0 Å². The van der Waals surface area contributed by atoms with E-state index in [1.165, 1.54) is 327 Å². The normalized spacial score (nSPS) is 11.4. The molecule has 3 rings (SSSR count). The third-order valence-electron chi connectivity index (χ3n) is 19.2. The number of unbranched alkanes of at least 4 members (excludes halogenated alkanes) is 54. The molecule has 0 atom stereocenters. The molecule has 0 aliphatic carbocycles. The molecular formula is C84H144N4O3. The van der Waals surface area contributed by atoms with E-state index in [4.69, 9.17) is 0 Å². The lowest BCUT2D eigenvalue weighted by molar-refractivity contribution is -0.117. The third-order valence-corrected chi connectivity index (χ3v) is 19.2. The van der Waals surface area contributed by atoms with Gasteiger partial charge in [-0.15, -0.1) is 0 Å². The highest BCUT2D eigenvalue weighted by molar-refractivity contribution is 5.93. The summed E-state index contributed by atoms with van der Waals surface area (Å²) >= 11 is 0. The highest BCUT2D eigenvalue weighted by atomic mass is 16.2. The SMILES string of the molecule is CCCCCCCCCCCCCCCCCCCCCC(=O)Nc1ccc(N(c2ccc(NC(=O)CCCCCCCCCCCCCCCCCCCCC)cc2)c2ccc(NC(=O)CCCCCCCCCCCCCCCCCCCCC)cc2)cc1. The van der Waals surface area contributed by atoms with Crippen LogP contribution in [0.1, 0.15) is 406 Å². The van der Waals surface area contributed by atoms with Crippen LogP contribution in [-0.2, 0) is 14.4 Å². The Hall–Kier alpha value is -4.13.